The molecule has 29 heavy (non-hydrogen) atoms. The molecule has 0 aliphatic heterocycles. The fraction of sp³-hybridized carbons (Fsp3) is 0.208. The van der Waals surface area contributed by atoms with Gasteiger partial charge in [0.15, 0.2) is 0 Å². The molecule has 4 nitrogen and oxygen atoms in total. The van der Waals surface area contributed by atoms with E-state index in [1.54, 1.807) is 19.1 Å². The maximum Gasteiger partial charge on any atom is 0.342 e. The Hall–Kier alpha value is -2.98. The molecule has 0 aliphatic rings. The number of benzene rings is 3. The smallest absolute Gasteiger partial charge is 0.342 e. The van der Waals surface area contributed by atoms with E-state index in [1.165, 1.54) is 0 Å². The third-order valence-corrected chi connectivity index (χ3v) is 4.54. The molecule has 150 valence electrons. The van der Waals surface area contributed by atoms with Gasteiger partial charge in [0.25, 0.3) is 0 Å². The van der Waals surface area contributed by atoms with Crippen LogP contribution in [0, 0.1) is 0 Å². The largest absolute Gasteiger partial charge is 0.489 e. The third-order valence-electron chi connectivity index (χ3n) is 4.25. The number of alkyl halides is 1. The number of hydrogen-bond donors (Lipinski definition) is 0. The predicted molar refractivity (Wildman–Crippen MR) is 114 cm³/mol. The van der Waals surface area contributed by atoms with E-state index in [0.717, 1.165) is 11.1 Å². The predicted octanol–water partition coefficient (Wildman–Crippen LogP) is 5.76. The van der Waals surface area contributed by atoms with Crippen molar-refractivity contribution in [2.75, 3.05) is 6.61 Å². The molecule has 3 aromatic carbocycles. The van der Waals surface area contributed by atoms with Crippen molar-refractivity contribution in [1.82, 2.24) is 0 Å². The monoisotopic (exact) mass is 410 g/mol. The van der Waals surface area contributed by atoms with E-state index in [-0.39, 0.29) is 12.5 Å². The van der Waals surface area contributed by atoms with Crippen LogP contribution in [0.25, 0.3) is 0 Å². The molecule has 0 saturated carbocycles. The summed E-state index contributed by atoms with van der Waals surface area (Å²) in [6, 6.07) is 23.0. The third kappa shape index (κ3) is 5.75. The number of rotatable bonds is 9. The number of esters is 1. The fourth-order valence-electron chi connectivity index (χ4n) is 2.84. The van der Waals surface area contributed by atoms with Crippen LogP contribution in [0.1, 0.15) is 34.0 Å². The Kier molecular flexibility index (Phi) is 7.54. The number of hydrogen-bond acceptors (Lipinski definition) is 4. The summed E-state index contributed by atoms with van der Waals surface area (Å²) < 4.78 is 17.1. The number of ether oxygens (including phenoxy) is 3. The minimum absolute atomic E-state index is 0.180. The molecule has 0 spiro atoms. The first-order chi connectivity index (χ1) is 14.2. The SMILES string of the molecule is CCOC(=O)c1cc(OCc2ccccc2)cc(CCl)c1OCc1ccccc1. The Labute approximate surface area is 176 Å². The van der Waals surface area contributed by atoms with Crippen molar-refractivity contribution in [2.24, 2.45) is 0 Å². The lowest BCUT2D eigenvalue weighted by Gasteiger charge is -2.17. The van der Waals surface area contributed by atoms with E-state index in [0.29, 0.717) is 35.8 Å². The highest BCUT2D eigenvalue weighted by Crippen LogP contribution is 2.32. The molecule has 3 aromatic rings. The summed E-state index contributed by atoms with van der Waals surface area (Å²) in [5, 5.41) is 0. The summed E-state index contributed by atoms with van der Waals surface area (Å²) >= 11 is 6.17. The van der Waals surface area contributed by atoms with Crippen LogP contribution in [0.2, 0.25) is 0 Å². The van der Waals surface area contributed by atoms with E-state index in [2.05, 4.69) is 0 Å². The van der Waals surface area contributed by atoms with Crippen LogP contribution in [0.5, 0.6) is 11.5 Å². The molecule has 0 N–H and O–H groups in total. The minimum atomic E-state index is -0.466. The van der Waals surface area contributed by atoms with Crippen LogP contribution in [-0.4, -0.2) is 12.6 Å². The Balaban J connectivity index is 1.87. The molecule has 0 fully saturated rings. The average molecular weight is 411 g/mol. The number of carbonyl (C=O) groups is 1. The first-order valence-corrected chi connectivity index (χ1v) is 9.98. The van der Waals surface area contributed by atoms with Crippen LogP contribution in [0.4, 0.5) is 0 Å². The van der Waals surface area contributed by atoms with E-state index in [1.807, 2.05) is 60.7 Å². The second-order valence-corrected chi connectivity index (χ2v) is 6.63. The molecule has 0 saturated heterocycles. The first-order valence-electron chi connectivity index (χ1n) is 9.44. The molecular weight excluding hydrogens is 388 g/mol. The standard InChI is InChI=1S/C24H23ClO4/c1-2-27-24(26)22-14-21(28-16-18-9-5-3-6-10-18)13-20(15-25)23(22)29-17-19-11-7-4-8-12-19/h3-14H,2,15-17H2,1H3. The van der Waals surface area contributed by atoms with Gasteiger partial charge >= 0.3 is 5.97 Å². The minimum Gasteiger partial charge on any atom is -0.489 e. The van der Waals surface area contributed by atoms with E-state index in [9.17, 15) is 4.79 Å². The molecule has 0 radical (unpaired) electrons. The van der Waals surface area contributed by atoms with Gasteiger partial charge < -0.3 is 14.2 Å². The molecule has 0 bridgehead atoms. The lowest BCUT2D eigenvalue weighted by Crippen LogP contribution is -2.10. The van der Waals surface area contributed by atoms with Gasteiger partial charge in [0, 0.05) is 5.56 Å². The van der Waals surface area contributed by atoms with Crippen LogP contribution in [-0.2, 0) is 23.8 Å². The van der Waals surface area contributed by atoms with Crippen molar-refractivity contribution in [2.45, 2.75) is 26.0 Å². The topological polar surface area (TPSA) is 44.8 Å². The molecule has 3 rings (SSSR count). The van der Waals surface area contributed by atoms with Crippen LogP contribution in [0.15, 0.2) is 72.8 Å². The van der Waals surface area contributed by atoms with Crippen molar-refractivity contribution in [1.29, 1.82) is 0 Å². The molecule has 5 heteroatoms. The Morgan fingerprint density at radius 1 is 0.862 bits per heavy atom. The number of halogens is 1. The van der Waals surface area contributed by atoms with Gasteiger partial charge in [-0.2, -0.15) is 0 Å². The van der Waals surface area contributed by atoms with Gasteiger partial charge in [-0.3, -0.25) is 0 Å². The average Bonchev–Trinajstić information content (AvgIpc) is 2.77. The second-order valence-electron chi connectivity index (χ2n) is 6.36. The van der Waals surface area contributed by atoms with Gasteiger partial charge in [0.1, 0.15) is 30.3 Å². The van der Waals surface area contributed by atoms with Crippen molar-refractivity contribution >= 4 is 17.6 Å². The molecule has 0 aliphatic carbocycles. The summed E-state index contributed by atoms with van der Waals surface area (Å²) in [5.41, 5.74) is 3.01. The molecule has 0 atom stereocenters. The zero-order valence-corrected chi connectivity index (χ0v) is 17.0. The van der Waals surface area contributed by atoms with Crippen LogP contribution >= 0.6 is 11.6 Å². The zero-order valence-electron chi connectivity index (χ0n) is 16.3. The highest BCUT2D eigenvalue weighted by atomic mass is 35.5. The molecule has 0 unspecified atom stereocenters. The Morgan fingerprint density at radius 2 is 1.45 bits per heavy atom. The van der Waals surface area contributed by atoms with Crippen LogP contribution in [0.3, 0.4) is 0 Å². The highest BCUT2D eigenvalue weighted by Gasteiger charge is 2.20. The van der Waals surface area contributed by atoms with Gasteiger partial charge in [-0.1, -0.05) is 60.7 Å². The Bertz CT molecular complexity index is 926. The van der Waals surface area contributed by atoms with Gasteiger partial charge in [0.05, 0.1) is 12.5 Å². The quantitative estimate of drug-likeness (QED) is 0.332. The van der Waals surface area contributed by atoms with E-state index in [4.69, 9.17) is 25.8 Å². The van der Waals surface area contributed by atoms with Gasteiger partial charge in [0.2, 0.25) is 0 Å². The van der Waals surface area contributed by atoms with Gasteiger partial charge in [-0.25, -0.2) is 4.79 Å². The normalized spacial score (nSPS) is 10.4. The van der Waals surface area contributed by atoms with Crippen molar-refractivity contribution < 1.29 is 19.0 Å². The lowest BCUT2D eigenvalue weighted by molar-refractivity contribution is 0.0520. The van der Waals surface area contributed by atoms with E-state index >= 15 is 0 Å². The highest BCUT2D eigenvalue weighted by molar-refractivity contribution is 6.17. The molecule has 0 aromatic heterocycles. The van der Waals surface area contributed by atoms with Crippen molar-refractivity contribution in [3.63, 3.8) is 0 Å². The maximum atomic E-state index is 12.6. The lowest BCUT2D eigenvalue weighted by atomic mass is 10.1. The summed E-state index contributed by atoms with van der Waals surface area (Å²) in [5.74, 6) is 0.681. The summed E-state index contributed by atoms with van der Waals surface area (Å²) in [6.45, 7) is 2.74. The molecular formula is C24H23ClO4. The van der Waals surface area contributed by atoms with Crippen molar-refractivity contribution in [3.8, 4) is 11.5 Å². The van der Waals surface area contributed by atoms with Crippen LogP contribution < -0.4 is 9.47 Å². The van der Waals surface area contributed by atoms with Gasteiger partial charge in [-0.05, 0) is 30.2 Å². The summed E-state index contributed by atoms with van der Waals surface area (Å²) in [7, 11) is 0. The zero-order chi connectivity index (χ0) is 20.5. The second kappa shape index (κ2) is 10.5. The fourth-order valence-corrected chi connectivity index (χ4v) is 3.04. The van der Waals surface area contributed by atoms with E-state index < -0.39 is 5.97 Å². The summed E-state index contributed by atoms with van der Waals surface area (Å²) in [6.07, 6.45) is 0. The molecule has 0 heterocycles. The Morgan fingerprint density at radius 3 is 2.00 bits per heavy atom. The van der Waals surface area contributed by atoms with Crippen molar-refractivity contribution in [3.05, 3.63) is 95.1 Å². The first kappa shape index (κ1) is 20.7. The number of carbonyl (C=O) groups excluding carboxylic acids is 1. The maximum absolute atomic E-state index is 12.6. The van der Waals surface area contributed by atoms with Gasteiger partial charge in [-0.15, -0.1) is 11.6 Å². The molecule has 0 amide bonds. The summed E-state index contributed by atoms with van der Waals surface area (Å²) in [4.78, 5) is 12.6.